The molecule has 80 valence electrons. The Kier molecular flexibility index (Phi) is 4.61. The second-order valence-electron chi connectivity index (χ2n) is 3.56. The van der Waals surface area contributed by atoms with Crippen LogP contribution >= 0.6 is 0 Å². The fourth-order valence-electron chi connectivity index (χ4n) is 1.13. The van der Waals surface area contributed by atoms with Crippen molar-refractivity contribution in [3.8, 4) is 0 Å². The summed E-state index contributed by atoms with van der Waals surface area (Å²) in [5.74, 6) is -0.0341. The highest BCUT2D eigenvalue weighted by Crippen LogP contribution is 2.00. The van der Waals surface area contributed by atoms with Crippen LogP contribution in [-0.4, -0.2) is 11.9 Å². The lowest BCUT2D eigenvalue weighted by Gasteiger charge is -2.08. The van der Waals surface area contributed by atoms with Crippen molar-refractivity contribution in [1.29, 1.82) is 0 Å². The summed E-state index contributed by atoms with van der Waals surface area (Å²) in [5, 5.41) is 2.87. The number of carbonyl (C=O) groups excluding carboxylic acids is 1. The minimum Gasteiger partial charge on any atom is -0.350 e. The molecule has 0 saturated heterocycles. The van der Waals surface area contributed by atoms with Gasteiger partial charge in [0.15, 0.2) is 0 Å². The van der Waals surface area contributed by atoms with E-state index in [0.29, 0.717) is 0 Å². The molecule has 1 aromatic carbocycles. The zero-order chi connectivity index (χ0) is 11.1. The van der Waals surface area contributed by atoms with E-state index < -0.39 is 0 Å². The normalized spacial score (nSPS) is 12.7. The molecule has 0 radical (unpaired) electrons. The van der Waals surface area contributed by atoms with E-state index in [9.17, 15) is 4.79 Å². The molecule has 2 nitrogen and oxygen atoms in total. The van der Waals surface area contributed by atoms with E-state index in [1.807, 2.05) is 50.3 Å². The van der Waals surface area contributed by atoms with Crippen LogP contribution in [0.5, 0.6) is 0 Å². The quantitative estimate of drug-likeness (QED) is 0.749. The van der Waals surface area contributed by atoms with Gasteiger partial charge in [0.05, 0.1) is 0 Å². The number of rotatable bonds is 4. The van der Waals surface area contributed by atoms with Crippen molar-refractivity contribution in [2.24, 2.45) is 0 Å². The van der Waals surface area contributed by atoms with Gasteiger partial charge in [0.1, 0.15) is 0 Å². The summed E-state index contributed by atoms with van der Waals surface area (Å²) in [5.41, 5.74) is 1.04. The first-order chi connectivity index (χ1) is 7.22. The third-order valence-electron chi connectivity index (χ3n) is 2.23. The second kappa shape index (κ2) is 6.02. The van der Waals surface area contributed by atoms with Crippen LogP contribution in [0.3, 0.4) is 0 Å². The number of amides is 1. The van der Waals surface area contributed by atoms with E-state index in [1.165, 1.54) is 0 Å². The molecule has 0 saturated carbocycles. The average molecular weight is 203 g/mol. The minimum absolute atomic E-state index is 0.0341. The lowest BCUT2D eigenvalue weighted by atomic mass is 10.2. The Morgan fingerprint density at radius 1 is 1.40 bits per heavy atom. The third kappa shape index (κ3) is 4.45. The van der Waals surface area contributed by atoms with E-state index >= 15 is 0 Å². The first-order valence-corrected chi connectivity index (χ1v) is 5.26. The summed E-state index contributed by atoms with van der Waals surface area (Å²) in [6.07, 6.45) is 4.34. The molecule has 1 rings (SSSR count). The zero-order valence-electron chi connectivity index (χ0n) is 9.23. The molecule has 0 aliphatic rings. The Balaban J connectivity index is 2.48. The zero-order valence-corrected chi connectivity index (χ0v) is 9.23. The molecule has 15 heavy (non-hydrogen) atoms. The van der Waals surface area contributed by atoms with Crippen molar-refractivity contribution in [3.63, 3.8) is 0 Å². The molecule has 1 amide bonds. The first kappa shape index (κ1) is 11.5. The molecule has 0 spiro atoms. The van der Waals surface area contributed by atoms with Crippen LogP contribution in [0.15, 0.2) is 36.4 Å². The Morgan fingerprint density at radius 2 is 2.07 bits per heavy atom. The number of benzene rings is 1. The van der Waals surface area contributed by atoms with E-state index in [1.54, 1.807) is 6.08 Å². The van der Waals surface area contributed by atoms with Crippen molar-refractivity contribution < 1.29 is 4.79 Å². The van der Waals surface area contributed by atoms with Crippen LogP contribution in [0.2, 0.25) is 0 Å². The lowest BCUT2D eigenvalue weighted by molar-refractivity contribution is -0.117. The number of hydrogen-bond donors (Lipinski definition) is 1. The van der Waals surface area contributed by atoms with Crippen LogP contribution < -0.4 is 5.32 Å². The van der Waals surface area contributed by atoms with Gasteiger partial charge in [-0.15, -0.1) is 0 Å². The molecular weight excluding hydrogens is 186 g/mol. The molecule has 1 N–H and O–H groups in total. The van der Waals surface area contributed by atoms with Crippen molar-refractivity contribution in [2.75, 3.05) is 0 Å². The van der Waals surface area contributed by atoms with Crippen LogP contribution in [-0.2, 0) is 4.79 Å². The van der Waals surface area contributed by atoms with Crippen molar-refractivity contribution in [2.45, 2.75) is 26.3 Å². The highest BCUT2D eigenvalue weighted by Gasteiger charge is 2.00. The summed E-state index contributed by atoms with van der Waals surface area (Å²) in [4.78, 5) is 11.4. The molecule has 1 aromatic rings. The largest absolute Gasteiger partial charge is 0.350 e. The minimum atomic E-state index is -0.0341. The predicted molar refractivity (Wildman–Crippen MR) is 63.4 cm³/mol. The number of hydrogen-bond acceptors (Lipinski definition) is 1. The maximum atomic E-state index is 11.4. The molecule has 2 heteroatoms. The number of nitrogens with one attached hydrogen (secondary N) is 1. The van der Waals surface area contributed by atoms with Crippen LogP contribution in [0.4, 0.5) is 0 Å². The Hall–Kier alpha value is -1.57. The van der Waals surface area contributed by atoms with Gasteiger partial charge in [-0.05, 0) is 25.0 Å². The summed E-state index contributed by atoms with van der Waals surface area (Å²) >= 11 is 0. The summed E-state index contributed by atoms with van der Waals surface area (Å²) in [7, 11) is 0. The summed E-state index contributed by atoms with van der Waals surface area (Å²) in [6, 6.07) is 10.0. The SMILES string of the molecule is CCC(C)NC(=O)/C=C/c1ccccc1. The average Bonchev–Trinajstić information content (AvgIpc) is 2.27. The monoisotopic (exact) mass is 203 g/mol. The van der Waals surface area contributed by atoms with Crippen LogP contribution in [0.25, 0.3) is 6.08 Å². The van der Waals surface area contributed by atoms with Gasteiger partial charge in [-0.3, -0.25) is 4.79 Å². The molecule has 0 heterocycles. The topological polar surface area (TPSA) is 29.1 Å². The highest BCUT2D eigenvalue weighted by molar-refractivity contribution is 5.91. The number of carbonyl (C=O) groups is 1. The standard InChI is InChI=1S/C13H17NO/c1-3-11(2)14-13(15)10-9-12-7-5-4-6-8-12/h4-11H,3H2,1-2H3,(H,14,15)/b10-9+. The molecule has 1 atom stereocenters. The fourth-order valence-corrected chi connectivity index (χ4v) is 1.13. The third-order valence-corrected chi connectivity index (χ3v) is 2.23. The molecule has 0 fully saturated rings. The molecule has 0 aliphatic heterocycles. The van der Waals surface area contributed by atoms with Gasteiger partial charge in [0.25, 0.3) is 0 Å². The lowest BCUT2D eigenvalue weighted by Crippen LogP contribution is -2.30. The van der Waals surface area contributed by atoms with Gasteiger partial charge in [0.2, 0.25) is 5.91 Å². The van der Waals surface area contributed by atoms with Crippen molar-refractivity contribution >= 4 is 12.0 Å². The van der Waals surface area contributed by atoms with Crippen LogP contribution in [0.1, 0.15) is 25.8 Å². The maximum Gasteiger partial charge on any atom is 0.244 e. The smallest absolute Gasteiger partial charge is 0.244 e. The van der Waals surface area contributed by atoms with Gasteiger partial charge in [-0.2, -0.15) is 0 Å². The van der Waals surface area contributed by atoms with Gasteiger partial charge < -0.3 is 5.32 Å². The Morgan fingerprint density at radius 3 is 2.67 bits per heavy atom. The van der Waals surface area contributed by atoms with Crippen molar-refractivity contribution in [1.82, 2.24) is 5.32 Å². The Labute approximate surface area is 91.0 Å². The molecule has 0 aromatic heterocycles. The van der Waals surface area contributed by atoms with E-state index in [0.717, 1.165) is 12.0 Å². The molecule has 1 unspecified atom stereocenters. The molecule has 0 aliphatic carbocycles. The van der Waals surface area contributed by atoms with Gasteiger partial charge in [0, 0.05) is 12.1 Å². The highest BCUT2D eigenvalue weighted by atomic mass is 16.1. The fraction of sp³-hybridized carbons (Fsp3) is 0.308. The molecule has 0 bridgehead atoms. The van der Waals surface area contributed by atoms with Gasteiger partial charge >= 0.3 is 0 Å². The van der Waals surface area contributed by atoms with E-state index in [-0.39, 0.29) is 11.9 Å². The Bertz CT molecular complexity index is 330. The van der Waals surface area contributed by atoms with E-state index in [2.05, 4.69) is 5.32 Å². The summed E-state index contributed by atoms with van der Waals surface area (Å²) < 4.78 is 0. The molecular formula is C13H17NO. The first-order valence-electron chi connectivity index (χ1n) is 5.26. The van der Waals surface area contributed by atoms with Crippen LogP contribution in [0, 0.1) is 0 Å². The summed E-state index contributed by atoms with van der Waals surface area (Å²) in [6.45, 7) is 4.04. The van der Waals surface area contributed by atoms with Gasteiger partial charge in [-0.1, -0.05) is 37.3 Å². The van der Waals surface area contributed by atoms with Gasteiger partial charge in [-0.25, -0.2) is 0 Å². The maximum absolute atomic E-state index is 11.4. The second-order valence-corrected chi connectivity index (χ2v) is 3.56. The predicted octanol–water partition coefficient (Wildman–Crippen LogP) is 2.61. The van der Waals surface area contributed by atoms with Crippen molar-refractivity contribution in [3.05, 3.63) is 42.0 Å². The van der Waals surface area contributed by atoms with E-state index in [4.69, 9.17) is 0 Å².